The first-order valence-corrected chi connectivity index (χ1v) is 4.73. The van der Waals surface area contributed by atoms with Crippen LogP contribution in [-0.2, 0) is 0 Å². The molecule has 0 atom stereocenters. The molecule has 0 fully saturated rings. The van der Waals surface area contributed by atoms with Crippen LogP contribution in [0.25, 0.3) is 6.08 Å². The Kier molecular flexibility index (Phi) is 3.55. The van der Waals surface area contributed by atoms with Gasteiger partial charge < -0.3 is 12.9 Å². The third-order valence-electron chi connectivity index (χ3n) is 1.96. The first-order chi connectivity index (χ1) is 6.88. The lowest BCUT2D eigenvalue weighted by Crippen LogP contribution is -2.09. The average molecular weight is 214 g/mol. The Labute approximate surface area is 87.1 Å². The number of halogens is 3. The Bertz CT molecular complexity index is 341. The van der Waals surface area contributed by atoms with Crippen LogP contribution in [-0.4, -0.2) is 12.0 Å². The molecule has 1 aromatic rings. The Balaban J connectivity index is 2.77. The fourth-order valence-electron chi connectivity index (χ4n) is 1.06. The summed E-state index contributed by atoms with van der Waals surface area (Å²) in [6, 6.07) is 3.38. The second-order valence-electron chi connectivity index (χ2n) is 3.66. The summed E-state index contributed by atoms with van der Waals surface area (Å²) >= 11 is 0. The van der Waals surface area contributed by atoms with Gasteiger partial charge in [-0.15, -0.1) is 5.98 Å². The zero-order valence-corrected chi connectivity index (χ0v) is 8.62. The van der Waals surface area contributed by atoms with Crippen molar-refractivity contribution in [2.24, 2.45) is 0 Å². The van der Waals surface area contributed by atoms with Gasteiger partial charge in [0.05, 0.1) is 5.69 Å². The Morgan fingerprint density at radius 3 is 2.33 bits per heavy atom. The second kappa shape index (κ2) is 4.51. The molecule has 0 saturated heterocycles. The van der Waals surface area contributed by atoms with Crippen LogP contribution in [0.5, 0.6) is 0 Å². The zero-order valence-electron chi connectivity index (χ0n) is 8.62. The molecule has 0 aliphatic rings. The van der Waals surface area contributed by atoms with Crippen LogP contribution in [0.3, 0.4) is 0 Å². The van der Waals surface area contributed by atoms with E-state index in [2.05, 4.69) is 4.98 Å². The number of pyridine rings is 1. The predicted molar refractivity (Wildman–Crippen MR) is 56.4 cm³/mol. The van der Waals surface area contributed by atoms with Gasteiger partial charge in [-0.1, -0.05) is 26.0 Å². The molecule has 82 valence electrons. The van der Waals surface area contributed by atoms with Gasteiger partial charge in [0.15, 0.2) is 0 Å². The smallest absolute Gasteiger partial charge is 0.445 e. The molecule has 15 heavy (non-hydrogen) atoms. The van der Waals surface area contributed by atoms with E-state index in [-0.39, 0.29) is 5.98 Å². The quantitative estimate of drug-likeness (QED) is 0.700. The predicted octanol–water partition coefficient (Wildman–Crippen LogP) is 3.60. The van der Waals surface area contributed by atoms with Crippen molar-refractivity contribution >= 4 is 13.1 Å². The molecule has 0 unspecified atom stereocenters. The molecule has 1 nitrogen and oxygen atoms in total. The summed E-state index contributed by atoms with van der Waals surface area (Å²) in [5, 5.41) is 0. The van der Waals surface area contributed by atoms with Crippen molar-refractivity contribution in [1.29, 1.82) is 0 Å². The van der Waals surface area contributed by atoms with E-state index in [0.29, 0.717) is 11.6 Å². The number of nitrogens with zero attached hydrogens (tertiary/aromatic N) is 1. The van der Waals surface area contributed by atoms with E-state index in [1.165, 1.54) is 0 Å². The van der Waals surface area contributed by atoms with Crippen molar-refractivity contribution in [3.8, 4) is 0 Å². The second-order valence-corrected chi connectivity index (χ2v) is 3.66. The minimum absolute atomic E-state index is 0.247. The van der Waals surface area contributed by atoms with Crippen LogP contribution < -0.4 is 0 Å². The van der Waals surface area contributed by atoms with Gasteiger partial charge in [0, 0.05) is 6.20 Å². The molecule has 0 saturated carbocycles. The summed E-state index contributed by atoms with van der Waals surface area (Å²) < 4.78 is 35.7. The van der Waals surface area contributed by atoms with Gasteiger partial charge in [-0.2, -0.15) is 0 Å². The molecule has 0 bridgehead atoms. The molecule has 0 spiro atoms. The lowest BCUT2D eigenvalue weighted by atomic mass is 9.91. The highest BCUT2D eigenvalue weighted by molar-refractivity contribution is 6.64. The SMILES string of the molecule is CC(C)c1ccc(/C=C/[B-](F)(F)F)nc1. The van der Waals surface area contributed by atoms with E-state index in [4.69, 9.17) is 0 Å². The van der Waals surface area contributed by atoms with E-state index in [0.717, 1.165) is 11.6 Å². The van der Waals surface area contributed by atoms with Crippen molar-refractivity contribution in [2.75, 3.05) is 0 Å². The van der Waals surface area contributed by atoms with Gasteiger partial charge >= 0.3 is 6.98 Å². The highest BCUT2D eigenvalue weighted by Gasteiger charge is 2.17. The monoisotopic (exact) mass is 214 g/mol. The van der Waals surface area contributed by atoms with Gasteiger partial charge in [0.25, 0.3) is 0 Å². The van der Waals surface area contributed by atoms with Crippen molar-refractivity contribution in [3.05, 3.63) is 35.6 Å². The molecule has 0 aromatic carbocycles. The molecule has 0 amide bonds. The molecular weight excluding hydrogens is 202 g/mol. The molecule has 5 heteroatoms. The van der Waals surface area contributed by atoms with E-state index in [1.807, 2.05) is 13.8 Å². The zero-order chi connectivity index (χ0) is 11.5. The Morgan fingerprint density at radius 2 is 1.93 bits per heavy atom. The first kappa shape index (κ1) is 11.8. The lowest BCUT2D eigenvalue weighted by Gasteiger charge is -2.07. The van der Waals surface area contributed by atoms with E-state index < -0.39 is 6.98 Å². The van der Waals surface area contributed by atoms with Crippen LogP contribution in [0.15, 0.2) is 24.3 Å². The standard InChI is InChI=1S/C10H12BF3N/c1-8(2)9-3-4-10(15-7-9)5-6-11(12,13)14/h3-8H,1-2H3/q-1/b6-5+. The van der Waals surface area contributed by atoms with Crippen molar-refractivity contribution in [3.63, 3.8) is 0 Å². The summed E-state index contributed by atoms with van der Waals surface area (Å²) in [6.45, 7) is -0.861. The van der Waals surface area contributed by atoms with Gasteiger partial charge in [-0.3, -0.25) is 4.98 Å². The van der Waals surface area contributed by atoms with Crippen LogP contribution in [0.1, 0.15) is 31.0 Å². The summed E-state index contributed by atoms with van der Waals surface area (Å²) in [5.74, 6) is 0.583. The Hall–Kier alpha value is -1.26. The van der Waals surface area contributed by atoms with Crippen LogP contribution in [0.2, 0.25) is 0 Å². The summed E-state index contributed by atoms with van der Waals surface area (Å²) in [6.07, 6.45) is 2.60. The van der Waals surface area contributed by atoms with Gasteiger partial charge in [-0.05, 0) is 17.5 Å². The third-order valence-corrected chi connectivity index (χ3v) is 1.96. The Morgan fingerprint density at radius 1 is 1.27 bits per heavy atom. The van der Waals surface area contributed by atoms with Crippen LogP contribution in [0, 0.1) is 0 Å². The number of hydrogen-bond donors (Lipinski definition) is 0. The van der Waals surface area contributed by atoms with Gasteiger partial charge in [0.1, 0.15) is 0 Å². The third kappa shape index (κ3) is 4.19. The maximum Gasteiger partial charge on any atom is 0.502 e. The highest BCUT2D eigenvalue weighted by atomic mass is 19.4. The fraction of sp³-hybridized carbons (Fsp3) is 0.300. The van der Waals surface area contributed by atoms with E-state index >= 15 is 0 Å². The topological polar surface area (TPSA) is 12.9 Å². The summed E-state index contributed by atoms with van der Waals surface area (Å²) in [7, 11) is 0. The molecule has 0 N–H and O–H groups in total. The summed E-state index contributed by atoms with van der Waals surface area (Å²) in [5.41, 5.74) is 1.35. The first-order valence-electron chi connectivity index (χ1n) is 4.73. The summed E-state index contributed by atoms with van der Waals surface area (Å²) in [4.78, 5) is 3.93. The highest BCUT2D eigenvalue weighted by Crippen LogP contribution is 2.15. The van der Waals surface area contributed by atoms with Gasteiger partial charge in [-0.25, -0.2) is 0 Å². The minimum Gasteiger partial charge on any atom is -0.445 e. The van der Waals surface area contributed by atoms with Gasteiger partial charge in [0.2, 0.25) is 0 Å². The number of aromatic nitrogens is 1. The molecule has 1 heterocycles. The maximum atomic E-state index is 11.9. The normalized spacial score (nSPS) is 12.7. The lowest BCUT2D eigenvalue weighted by molar-refractivity contribution is 0.499. The largest absolute Gasteiger partial charge is 0.502 e. The molecular formula is C10H12BF3N-. The molecule has 0 aliphatic heterocycles. The van der Waals surface area contributed by atoms with Crippen molar-refractivity contribution < 1.29 is 12.9 Å². The maximum absolute atomic E-state index is 11.9. The fourth-order valence-corrected chi connectivity index (χ4v) is 1.06. The molecule has 1 rings (SSSR count). The number of hydrogen-bond acceptors (Lipinski definition) is 1. The van der Waals surface area contributed by atoms with E-state index in [1.54, 1.807) is 18.3 Å². The molecule has 0 radical (unpaired) electrons. The molecule has 1 aromatic heterocycles. The van der Waals surface area contributed by atoms with Crippen LogP contribution >= 0.6 is 0 Å². The van der Waals surface area contributed by atoms with Crippen molar-refractivity contribution in [1.82, 2.24) is 4.98 Å². The molecule has 0 aliphatic carbocycles. The van der Waals surface area contributed by atoms with Crippen LogP contribution in [0.4, 0.5) is 12.9 Å². The average Bonchev–Trinajstić information content (AvgIpc) is 2.14. The van der Waals surface area contributed by atoms with E-state index in [9.17, 15) is 12.9 Å². The minimum atomic E-state index is -4.87. The number of rotatable bonds is 3. The van der Waals surface area contributed by atoms with Crippen molar-refractivity contribution in [2.45, 2.75) is 19.8 Å².